The highest BCUT2D eigenvalue weighted by Gasteiger charge is 2.19. The zero-order valence-electron chi connectivity index (χ0n) is 17.1. The number of fused-ring (bicyclic) bond motifs is 1. The number of rotatable bonds is 8. The molecule has 148 valence electrons. The highest BCUT2D eigenvalue weighted by Crippen LogP contribution is 2.19. The fourth-order valence-corrected chi connectivity index (χ4v) is 3.33. The average molecular weight is 380 g/mol. The summed E-state index contributed by atoms with van der Waals surface area (Å²) < 4.78 is 7.37. The lowest BCUT2D eigenvalue weighted by molar-refractivity contribution is -0.132. The predicted octanol–water partition coefficient (Wildman–Crippen LogP) is 4.94. The number of carbonyl (C=O) groups is 1. The lowest BCUT2D eigenvalue weighted by Crippen LogP contribution is -2.39. The van der Waals surface area contributed by atoms with E-state index in [1.807, 2.05) is 58.0 Å². The van der Waals surface area contributed by atoms with Gasteiger partial charge in [-0.15, -0.1) is 0 Å². The second kappa shape index (κ2) is 8.91. The van der Waals surface area contributed by atoms with Gasteiger partial charge in [0.1, 0.15) is 18.1 Å². The molecule has 5 nitrogen and oxygen atoms in total. The van der Waals surface area contributed by atoms with E-state index in [0.717, 1.165) is 35.7 Å². The van der Waals surface area contributed by atoms with E-state index in [0.29, 0.717) is 11.8 Å². The molecule has 3 aromatic rings. The quantitative estimate of drug-likeness (QED) is 0.557. The van der Waals surface area contributed by atoms with Crippen LogP contribution < -0.4 is 0 Å². The van der Waals surface area contributed by atoms with E-state index in [1.165, 1.54) is 0 Å². The van der Waals surface area contributed by atoms with Gasteiger partial charge in [0.25, 0.3) is 0 Å². The predicted molar refractivity (Wildman–Crippen MR) is 114 cm³/mol. The molecular weight excluding hydrogens is 350 g/mol. The number of imidazole rings is 1. The molecule has 0 aliphatic carbocycles. The molecule has 2 aromatic heterocycles. The van der Waals surface area contributed by atoms with E-state index < -0.39 is 0 Å². The number of aromatic nitrogens is 2. The van der Waals surface area contributed by atoms with Gasteiger partial charge in [0.05, 0.1) is 17.3 Å². The first kappa shape index (κ1) is 19.9. The van der Waals surface area contributed by atoms with Crippen LogP contribution in [-0.2, 0) is 11.3 Å². The maximum absolute atomic E-state index is 13.1. The van der Waals surface area contributed by atoms with Crippen molar-refractivity contribution in [2.24, 2.45) is 11.8 Å². The molecule has 5 heteroatoms. The molecule has 0 saturated carbocycles. The van der Waals surface area contributed by atoms with Crippen LogP contribution in [0.4, 0.5) is 0 Å². The Morgan fingerprint density at radius 2 is 1.79 bits per heavy atom. The maximum atomic E-state index is 13.1. The number of para-hydroxylation sites is 2. The minimum absolute atomic E-state index is 0.123. The number of benzene rings is 1. The van der Waals surface area contributed by atoms with Crippen LogP contribution in [0.3, 0.4) is 0 Å². The number of hydrogen-bond acceptors (Lipinski definition) is 3. The molecule has 1 amide bonds. The topological polar surface area (TPSA) is 51.3 Å². The van der Waals surface area contributed by atoms with Crippen LogP contribution in [0, 0.1) is 11.8 Å². The summed E-state index contributed by atoms with van der Waals surface area (Å²) >= 11 is 0. The largest absolute Gasteiger partial charge is 0.465 e. The zero-order valence-corrected chi connectivity index (χ0v) is 17.1. The zero-order chi connectivity index (χ0) is 20.1. The van der Waals surface area contributed by atoms with Gasteiger partial charge in [-0.3, -0.25) is 4.79 Å². The Balaban J connectivity index is 1.91. The first-order valence-electron chi connectivity index (χ1n) is 9.88. The van der Waals surface area contributed by atoms with E-state index in [9.17, 15) is 4.79 Å². The van der Waals surface area contributed by atoms with E-state index in [2.05, 4.69) is 27.7 Å². The van der Waals surface area contributed by atoms with Crippen molar-refractivity contribution in [1.29, 1.82) is 0 Å². The van der Waals surface area contributed by atoms with Crippen LogP contribution in [-0.4, -0.2) is 33.4 Å². The second-order valence-corrected chi connectivity index (χ2v) is 7.98. The fraction of sp³-hybridized carbons (Fsp3) is 0.391. The molecule has 0 unspecified atom stereocenters. The minimum Gasteiger partial charge on any atom is -0.465 e. The standard InChI is InChI=1S/C23H29N3O2/c1-17(2)14-25(15-18(3)4)23(27)16-26-21-10-6-5-9-20(21)24-22(26)12-11-19-8-7-13-28-19/h5-13,17-18H,14-16H2,1-4H3/b12-11+. The highest BCUT2D eigenvalue weighted by atomic mass is 16.3. The number of nitrogens with zero attached hydrogens (tertiary/aromatic N) is 3. The number of carbonyl (C=O) groups excluding carboxylic acids is 1. The number of hydrogen-bond donors (Lipinski definition) is 0. The molecule has 0 N–H and O–H groups in total. The summed E-state index contributed by atoms with van der Waals surface area (Å²) in [6.07, 6.45) is 5.42. The number of furan rings is 1. The third-order valence-corrected chi connectivity index (χ3v) is 4.44. The van der Waals surface area contributed by atoms with Gasteiger partial charge in [-0.1, -0.05) is 39.8 Å². The molecule has 0 spiro atoms. The van der Waals surface area contributed by atoms with Crippen molar-refractivity contribution in [3.05, 3.63) is 54.2 Å². The van der Waals surface area contributed by atoms with E-state index in [4.69, 9.17) is 9.40 Å². The molecule has 0 aliphatic rings. The van der Waals surface area contributed by atoms with E-state index in [1.54, 1.807) is 6.26 Å². The summed E-state index contributed by atoms with van der Waals surface area (Å²) in [6, 6.07) is 11.7. The lowest BCUT2D eigenvalue weighted by Gasteiger charge is -2.27. The van der Waals surface area contributed by atoms with Crippen LogP contribution in [0.25, 0.3) is 23.2 Å². The van der Waals surface area contributed by atoms with Crippen molar-refractivity contribution in [1.82, 2.24) is 14.5 Å². The van der Waals surface area contributed by atoms with Gasteiger partial charge in [-0.2, -0.15) is 0 Å². The molecule has 1 aromatic carbocycles. The van der Waals surface area contributed by atoms with Gasteiger partial charge in [0.15, 0.2) is 0 Å². The number of amides is 1. The Hall–Kier alpha value is -2.82. The normalized spacial score (nSPS) is 11.9. The van der Waals surface area contributed by atoms with Gasteiger partial charge < -0.3 is 13.9 Å². The summed E-state index contributed by atoms with van der Waals surface area (Å²) in [4.78, 5) is 19.8. The maximum Gasteiger partial charge on any atom is 0.242 e. The molecule has 28 heavy (non-hydrogen) atoms. The molecule has 3 rings (SSSR count). The molecule has 0 fully saturated rings. The molecule has 0 saturated heterocycles. The summed E-state index contributed by atoms with van der Waals surface area (Å²) in [5.74, 6) is 2.49. The van der Waals surface area contributed by atoms with Crippen molar-refractivity contribution in [2.75, 3.05) is 13.1 Å². The fourth-order valence-electron chi connectivity index (χ4n) is 3.33. The Labute approximate surface area is 166 Å². The molecule has 2 heterocycles. The van der Waals surface area contributed by atoms with Crippen LogP contribution >= 0.6 is 0 Å². The van der Waals surface area contributed by atoms with Crippen molar-refractivity contribution >= 4 is 29.1 Å². The SMILES string of the molecule is CC(C)CN(CC(C)C)C(=O)Cn1c(/C=C/c2ccco2)nc2ccccc21. The van der Waals surface area contributed by atoms with E-state index in [-0.39, 0.29) is 12.5 Å². The first-order chi connectivity index (χ1) is 13.4. The average Bonchev–Trinajstić information content (AvgIpc) is 3.27. The van der Waals surface area contributed by atoms with Gasteiger partial charge in [-0.25, -0.2) is 4.98 Å². The molecule has 0 aliphatic heterocycles. The molecule has 0 radical (unpaired) electrons. The van der Waals surface area contributed by atoms with Crippen molar-refractivity contribution in [3.63, 3.8) is 0 Å². The van der Waals surface area contributed by atoms with Gasteiger partial charge in [0.2, 0.25) is 5.91 Å². The Bertz CT molecular complexity index is 926. The molecular formula is C23H29N3O2. The van der Waals surface area contributed by atoms with Crippen molar-refractivity contribution < 1.29 is 9.21 Å². The molecule has 0 bridgehead atoms. The van der Waals surface area contributed by atoms with Crippen LogP contribution in [0.15, 0.2) is 47.1 Å². The third kappa shape index (κ3) is 4.91. The summed E-state index contributed by atoms with van der Waals surface area (Å²) in [5.41, 5.74) is 1.85. The van der Waals surface area contributed by atoms with Crippen LogP contribution in [0.1, 0.15) is 39.3 Å². The monoisotopic (exact) mass is 379 g/mol. The summed E-state index contributed by atoms with van der Waals surface area (Å²) in [6.45, 7) is 10.4. The summed E-state index contributed by atoms with van der Waals surface area (Å²) in [5, 5.41) is 0. The Morgan fingerprint density at radius 3 is 2.43 bits per heavy atom. The lowest BCUT2D eigenvalue weighted by atomic mass is 10.1. The second-order valence-electron chi connectivity index (χ2n) is 7.98. The summed E-state index contributed by atoms with van der Waals surface area (Å²) in [7, 11) is 0. The van der Waals surface area contributed by atoms with Crippen LogP contribution in [0.5, 0.6) is 0 Å². The third-order valence-electron chi connectivity index (χ3n) is 4.44. The highest BCUT2D eigenvalue weighted by molar-refractivity contribution is 5.83. The minimum atomic E-state index is 0.123. The smallest absolute Gasteiger partial charge is 0.242 e. The van der Waals surface area contributed by atoms with Gasteiger partial charge in [0, 0.05) is 13.1 Å². The van der Waals surface area contributed by atoms with Crippen molar-refractivity contribution in [3.8, 4) is 0 Å². The van der Waals surface area contributed by atoms with Crippen LogP contribution in [0.2, 0.25) is 0 Å². The van der Waals surface area contributed by atoms with E-state index >= 15 is 0 Å². The van der Waals surface area contributed by atoms with Gasteiger partial charge in [-0.05, 0) is 48.3 Å². The van der Waals surface area contributed by atoms with Gasteiger partial charge >= 0.3 is 0 Å². The van der Waals surface area contributed by atoms with Crippen molar-refractivity contribution in [2.45, 2.75) is 34.2 Å². The Morgan fingerprint density at radius 1 is 1.07 bits per heavy atom. The molecule has 0 atom stereocenters. The first-order valence-corrected chi connectivity index (χ1v) is 9.88. The Kier molecular flexibility index (Phi) is 6.34.